The Labute approximate surface area is 186 Å². The maximum atomic E-state index is 13.5. The molecule has 0 spiro atoms. The average Bonchev–Trinajstić information content (AvgIpc) is 3.17. The van der Waals surface area contributed by atoms with Crippen molar-refractivity contribution in [3.05, 3.63) is 102 Å². The number of fused-ring (bicyclic) bond motifs is 4. The minimum absolute atomic E-state index is 0.224. The number of aromatic nitrogens is 1. The SMILES string of the molecule is COC(=O)[C@@H](Cc1ccc2ccccc2n1)NC(=O)C1c2ccccc2-c2ccccc21. The van der Waals surface area contributed by atoms with Crippen molar-refractivity contribution in [3.8, 4) is 11.1 Å². The van der Waals surface area contributed by atoms with E-state index in [0.29, 0.717) is 5.69 Å². The Balaban J connectivity index is 1.44. The quantitative estimate of drug-likeness (QED) is 0.488. The lowest BCUT2D eigenvalue weighted by Gasteiger charge is -2.20. The van der Waals surface area contributed by atoms with Gasteiger partial charge in [-0.1, -0.05) is 72.8 Å². The van der Waals surface area contributed by atoms with E-state index >= 15 is 0 Å². The van der Waals surface area contributed by atoms with Crippen LogP contribution in [0.25, 0.3) is 22.0 Å². The number of esters is 1. The molecule has 3 aromatic carbocycles. The molecule has 1 amide bonds. The molecular formula is C27H22N2O3. The normalized spacial score (nSPS) is 13.3. The van der Waals surface area contributed by atoms with E-state index in [4.69, 9.17) is 4.74 Å². The van der Waals surface area contributed by atoms with Gasteiger partial charge in [0.05, 0.1) is 18.5 Å². The number of pyridine rings is 1. The largest absolute Gasteiger partial charge is 0.467 e. The zero-order chi connectivity index (χ0) is 22.1. The second kappa shape index (κ2) is 8.27. The number of benzene rings is 3. The van der Waals surface area contributed by atoms with Crippen LogP contribution < -0.4 is 5.32 Å². The van der Waals surface area contributed by atoms with Crippen molar-refractivity contribution in [2.45, 2.75) is 18.4 Å². The zero-order valence-corrected chi connectivity index (χ0v) is 17.6. The van der Waals surface area contributed by atoms with Crippen LogP contribution in [0.5, 0.6) is 0 Å². The van der Waals surface area contributed by atoms with Crippen LogP contribution in [-0.2, 0) is 20.7 Å². The first-order valence-corrected chi connectivity index (χ1v) is 10.6. The van der Waals surface area contributed by atoms with Gasteiger partial charge in [0, 0.05) is 17.5 Å². The maximum Gasteiger partial charge on any atom is 0.328 e. The minimum Gasteiger partial charge on any atom is -0.467 e. The summed E-state index contributed by atoms with van der Waals surface area (Å²) in [5.41, 5.74) is 5.55. The van der Waals surface area contributed by atoms with E-state index < -0.39 is 17.9 Å². The predicted octanol–water partition coefficient (Wildman–Crippen LogP) is 4.25. The van der Waals surface area contributed by atoms with E-state index in [1.807, 2.05) is 84.9 Å². The number of para-hydroxylation sites is 1. The highest BCUT2D eigenvalue weighted by Crippen LogP contribution is 2.44. The highest BCUT2D eigenvalue weighted by Gasteiger charge is 2.35. The van der Waals surface area contributed by atoms with Gasteiger partial charge in [-0.25, -0.2) is 4.79 Å². The topological polar surface area (TPSA) is 68.3 Å². The third kappa shape index (κ3) is 3.52. The number of carbonyl (C=O) groups excluding carboxylic acids is 2. The molecule has 1 N–H and O–H groups in total. The van der Waals surface area contributed by atoms with Crippen LogP contribution in [0.3, 0.4) is 0 Å². The van der Waals surface area contributed by atoms with E-state index in [9.17, 15) is 9.59 Å². The van der Waals surface area contributed by atoms with Gasteiger partial charge in [0.2, 0.25) is 5.91 Å². The molecule has 5 rings (SSSR count). The van der Waals surface area contributed by atoms with Crippen molar-refractivity contribution < 1.29 is 14.3 Å². The second-order valence-corrected chi connectivity index (χ2v) is 7.89. The maximum absolute atomic E-state index is 13.5. The van der Waals surface area contributed by atoms with Crippen LogP contribution in [0.4, 0.5) is 0 Å². The highest BCUT2D eigenvalue weighted by atomic mass is 16.5. The molecule has 0 bridgehead atoms. The zero-order valence-electron chi connectivity index (χ0n) is 17.6. The number of hydrogen-bond donors (Lipinski definition) is 1. The van der Waals surface area contributed by atoms with E-state index in [0.717, 1.165) is 33.2 Å². The Kier molecular flexibility index (Phi) is 5.15. The molecule has 158 valence electrons. The predicted molar refractivity (Wildman–Crippen MR) is 123 cm³/mol. The Morgan fingerprint density at radius 1 is 0.875 bits per heavy atom. The Hall–Kier alpha value is -3.99. The average molecular weight is 422 g/mol. The van der Waals surface area contributed by atoms with Crippen molar-refractivity contribution in [1.82, 2.24) is 10.3 Å². The monoisotopic (exact) mass is 422 g/mol. The summed E-state index contributed by atoms with van der Waals surface area (Å²) in [5, 5.41) is 3.96. The Morgan fingerprint density at radius 2 is 1.50 bits per heavy atom. The van der Waals surface area contributed by atoms with Gasteiger partial charge in [0.15, 0.2) is 0 Å². The van der Waals surface area contributed by atoms with Gasteiger partial charge in [-0.15, -0.1) is 0 Å². The lowest BCUT2D eigenvalue weighted by atomic mass is 9.95. The summed E-state index contributed by atoms with van der Waals surface area (Å²) < 4.78 is 4.99. The third-order valence-electron chi connectivity index (χ3n) is 5.97. The van der Waals surface area contributed by atoms with Gasteiger partial charge in [0.25, 0.3) is 0 Å². The molecule has 0 radical (unpaired) electrons. The van der Waals surface area contributed by atoms with Crippen molar-refractivity contribution in [2.75, 3.05) is 7.11 Å². The number of nitrogens with zero attached hydrogens (tertiary/aromatic N) is 1. The molecule has 1 aromatic heterocycles. The second-order valence-electron chi connectivity index (χ2n) is 7.89. The van der Waals surface area contributed by atoms with Crippen molar-refractivity contribution in [2.24, 2.45) is 0 Å². The Morgan fingerprint density at radius 3 is 2.19 bits per heavy atom. The molecule has 1 atom stereocenters. The first kappa shape index (κ1) is 19.9. The van der Waals surface area contributed by atoms with E-state index in [2.05, 4.69) is 10.3 Å². The summed E-state index contributed by atoms with van der Waals surface area (Å²) in [5.74, 6) is -1.19. The fourth-order valence-electron chi connectivity index (χ4n) is 4.46. The molecule has 5 heteroatoms. The molecule has 0 unspecified atom stereocenters. The molecule has 0 saturated carbocycles. The summed E-state index contributed by atoms with van der Waals surface area (Å²) in [4.78, 5) is 30.7. The number of nitrogens with one attached hydrogen (secondary N) is 1. The van der Waals surface area contributed by atoms with Crippen LogP contribution in [0.2, 0.25) is 0 Å². The number of carbonyl (C=O) groups is 2. The van der Waals surface area contributed by atoms with Gasteiger partial charge in [0.1, 0.15) is 6.04 Å². The molecule has 4 aromatic rings. The molecule has 1 aliphatic rings. The van der Waals surface area contributed by atoms with E-state index in [1.165, 1.54) is 7.11 Å². The smallest absolute Gasteiger partial charge is 0.328 e. The van der Waals surface area contributed by atoms with Crippen LogP contribution in [-0.4, -0.2) is 30.0 Å². The Bertz CT molecular complexity index is 1290. The lowest BCUT2D eigenvalue weighted by Crippen LogP contribution is -2.45. The molecular weight excluding hydrogens is 400 g/mol. The lowest BCUT2D eigenvalue weighted by molar-refractivity contribution is -0.145. The molecule has 5 nitrogen and oxygen atoms in total. The number of rotatable bonds is 5. The van der Waals surface area contributed by atoms with Gasteiger partial charge in [-0.2, -0.15) is 0 Å². The van der Waals surface area contributed by atoms with E-state index in [1.54, 1.807) is 0 Å². The molecule has 1 heterocycles. The third-order valence-corrected chi connectivity index (χ3v) is 5.97. The molecule has 32 heavy (non-hydrogen) atoms. The van der Waals surface area contributed by atoms with Crippen LogP contribution >= 0.6 is 0 Å². The molecule has 0 saturated heterocycles. The number of amides is 1. The van der Waals surface area contributed by atoms with Crippen molar-refractivity contribution in [3.63, 3.8) is 0 Å². The van der Waals surface area contributed by atoms with Crippen LogP contribution in [0, 0.1) is 0 Å². The molecule has 0 aliphatic heterocycles. The summed E-state index contributed by atoms with van der Waals surface area (Å²) in [6.07, 6.45) is 0.249. The number of methoxy groups -OCH3 is 1. The van der Waals surface area contributed by atoms with Crippen molar-refractivity contribution >= 4 is 22.8 Å². The van der Waals surface area contributed by atoms with Crippen LogP contribution in [0.15, 0.2) is 84.9 Å². The van der Waals surface area contributed by atoms with E-state index in [-0.39, 0.29) is 12.3 Å². The van der Waals surface area contributed by atoms with Crippen LogP contribution in [0.1, 0.15) is 22.7 Å². The highest BCUT2D eigenvalue weighted by molar-refractivity contribution is 5.98. The van der Waals surface area contributed by atoms with Gasteiger partial charge >= 0.3 is 5.97 Å². The molecule has 0 fully saturated rings. The fraction of sp³-hybridized carbons (Fsp3) is 0.148. The summed E-state index contributed by atoms with van der Waals surface area (Å²) in [6.45, 7) is 0. The first-order chi connectivity index (χ1) is 15.7. The standard InChI is InChI=1S/C27H22N2O3/c1-32-27(31)24(16-18-15-14-17-8-2-7-13-23(17)28-18)29-26(30)25-21-11-5-3-9-19(21)20-10-4-6-12-22(20)25/h2-15,24-25H,16H2,1H3,(H,29,30)/t24-/m1/s1. The van der Waals surface area contributed by atoms with Gasteiger partial charge in [-0.3, -0.25) is 9.78 Å². The summed E-state index contributed by atoms with van der Waals surface area (Å²) >= 11 is 0. The van der Waals surface area contributed by atoms with Gasteiger partial charge in [-0.05, 0) is 34.4 Å². The summed E-state index contributed by atoms with van der Waals surface area (Å²) in [7, 11) is 1.33. The summed E-state index contributed by atoms with van der Waals surface area (Å²) in [6, 6.07) is 26.6. The minimum atomic E-state index is -0.832. The van der Waals surface area contributed by atoms with Gasteiger partial charge < -0.3 is 10.1 Å². The van der Waals surface area contributed by atoms with Crippen molar-refractivity contribution in [1.29, 1.82) is 0 Å². The first-order valence-electron chi connectivity index (χ1n) is 10.6. The molecule has 1 aliphatic carbocycles. The fourth-order valence-corrected chi connectivity index (χ4v) is 4.46. The number of ether oxygens (including phenoxy) is 1. The number of hydrogen-bond acceptors (Lipinski definition) is 4.